The third-order valence-corrected chi connectivity index (χ3v) is 3.66. The molecule has 0 fully saturated rings. The van der Waals surface area contributed by atoms with Crippen molar-refractivity contribution in [3.63, 3.8) is 0 Å². The van der Waals surface area contributed by atoms with E-state index in [4.69, 9.17) is 11.5 Å². The number of hydrogen-bond acceptors (Lipinski definition) is 4. The van der Waals surface area contributed by atoms with Gasteiger partial charge in [0.05, 0.1) is 11.1 Å². The average molecular weight is 366 g/mol. The minimum atomic E-state index is -4.74. The maximum atomic E-state index is 13.3. The van der Waals surface area contributed by atoms with Gasteiger partial charge in [0.1, 0.15) is 5.82 Å². The van der Waals surface area contributed by atoms with Crippen LogP contribution in [0, 0.1) is 0 Å². The Morgan fingerprint density at radius 1 is 1.15 bits per heavy atom. The van der Waals surface area contributed by atoms with Crippen LogP contribution in [0.4, 0.5) is 19.0 Å². The van der Waals surface area contributed by atoms with Crippen LogP contribution in [0.2, 0.25) is 0 Å². The number of alkyl halides is 3. The summed E-state index contributed by atoms with van der Waals surface area (Å²) in [6.45, 7) is 0.180. The number of nitrogens with one attached hydrogen (secondary N) is 1. The maximum Gasteiger partial charge on any atom is 0.417 e. The number of nitrogens with two attached hydrogens (primary N) is 2. The fourth-order valence-corrected chi connectivity index (χ4v) is 2.43. The van der Waals surface area contributed by atoms with Crippen LogP contribution in [0.15, 0.2) is 36.5 Å². The molecule has 0 aliphatic carbocycles. The van der Waals surface area contributed by atoms with E-state index in [2.05, 4.69) is 10.3 Å². The van der Waals surface area contributed by atoms with E-state index in [0.717, 1.165) is 6.07 Å². The highest BCUT2D eigenvalue weighted by Gasteiger charge is 2.37. The first-order chi connectivity index (χ1) is 12.2. The first-order valence-corrected chi connectivity index (χ1v) is 7.64. The molecular formula is C17H17F3N4O2. The largest absolute Gasteiger partial charge is 0.417 e. The van der Waals surface area contributed by atoms with E-state index in [1.54, 1.807) is 12.1 Å². The van der Waals surface area contributed by atoms with E-state index in [0.29, 0.717) is 11.4 Å². The van der Waals surface area contributed by atoms with Crippen molar-refractivity contribution >= 4 is 17.6 Å². The van der Waals surface area contributed by atoms with Crippen LogP contribution in [-0.2, 0) is 23.9 Å². The molecule has 138 valence electrons. The van der Waals surface area contributed by atoms with Crippen molar-refractivity contribution in [3.8, 4) is 0 Å². The zero-order valence-electron chi connectivity index (χ0n) is 13.6. The number of hydrogen-bond donors (Lipinski definition) is 3. The number of aromatic nitrogens is 1. The molecule has 9 heteroatoms. The Labute approximate surface area is 147 Å². The number of nitrogen functional groups attached to an aromatic ring is 1. The molecule has 0 saturated carbocycles. The van der Waals surface area contributed by atoms with Crippen molar-refractivity contribution in [1.82, 2.24) is 10.3 Å². The van der Waals surface area contributed by atoms with Crippen molar-refractivity contribution in [2.24, 2.45) is 5.73 Å². The number of benzene rings is 1. The van der Waals surface area contributed by atoms with Gasteiger partial charge in [-0.3, -0.25) is 9.59 Å². The first kappa shape index (κ1) is 19.2. The van der Waals surface area contributed by atoms with Gasteiger partial charge in [-0.1, -0.05) is 18.2 Å². The maximum absolute atomic E-state index is 13.3. The molecule has 2 aromatic rings. The Morgan fingerprint density at radius 2 is 1.88 bits per heavy atom. The normalized spacial score (nSPS) is 11.2. The summed E-state index contributed by atoms with van der Waals surface area (Å²) in [4.78, 5) is 27.1. The Bertz CT molecular complexity index is 805. The molecule has 5 N–H and O–H groups in total. The van der Waals surface area contributed by atoms with Gasteiger partial charge >= 0.3 is 6.18 Å². The summed E-state index contributed by atoms with van der Waals surface area (Å²) in [5.41, 5.74) is 9.33. The van der Waals surface area contributed by atoms with Crippen LogP contribution in [0.1, 0.15) is 33.5 Å². The summed E-state index contributed by atoms with van der Waals surface area (Å²) in [5, 5.41) is 2.59. The standard InChI is InChI=1S/C17H17F3N4O2/c18-17(19,20)15-11(2-1-3-12(15)16(22)26)5-7-14(25)24-9-10-4-6-13(21)23-8-10/h1-4,6,8H,5,7,9H2,(H2,21,23)(H2,22,26)(H,24,25). The number of amides is 2. The van der Waals surface area contributed by atoms with Crippen molar-refractivity contribution in [1.29, 1.82) is 0 Å². The number of aryl methyl sites for hydroxylation is 1. The van der Waals surface area contributed by atoms with Gasteiger partial charge in [-0.25, -0.2) is 4.98 Å². The quantitative estimate of drug-likeness (QED) is 0.726. The van der Waals surface area contributed by atoms with Crippen LogP contribution in [0.5, 0.6) is 0 Å². The lowest BCUT2D eigenvalue weighted by molar-refractivity contribution is -0.138. The summed E-state index contributed by atoms with van der Waals surface area (Å²) in [6, 6.07) is 6.81. The average Bonchev–Trinajstić information content (AvgIpc) is 2.58. The van der Waals surface area contributed by atoms with Gasteiger partial charge in [0.25, 0.3) is 0 Å². The lowest BCUT2D eigenvalue weighted by Gasteiger charge is -2.16. The number of rotatable bonds is 6. The molecule has 0 radical (unpaired) electrons. The molecule has 26 heavy (non-hydrogen) atoms. The molecule has 0 aliphatic heterocycles. The fourth-order valence-electron chi connectivity index (χ4n) is 2.43. The van der Waals surface area contributed by atoms with Gasteiger partial charge in [0.15, 0.2) is 0 Å². The van der Waals surface area contributed by atoms with Gasteiger partial charge in [0.2, 0.25) is 11.8 Å². The second kappa shape index (κ2) is 7.85. The zero-order chi connectivity index (χ0) is 19.3. The molecule has 2 rings (SSSR count). The fraction of sp³-hybridized carbons (Fsp3) is 0.235. The van der Waals surface area contributed by atoms with Gasteiger partial charge in [0, 0.05) is 19.2 Å². The molecule has 0 bridgehead atoms. The molecule has 1 aromatic heterocycles. The van der Waals surface area contributed by atoms with E-state index in [1.807, 2.05) is 0 Å². The number of carbonyl (C=O) groups is 2. The third kappa shape index (κ3) is 4.95. The van der Waals surface area contributed by atoms with Crippen molar-refractivity contribution < 1.29 is 22.8 Å². The van der Waals surface area contributed by atoms with Gasteiger partial charge in [-0.15, -0.1) is 0 Å². The van der Waals surface area contributed by atoms with E-state index < -0.39 is 29.1 Å². The summed E-state index contributed by atoms with van der Waals surface area (Å²) in [7, 11) is 0. The number of anilines is 1. The number of primary amides is 1. The van der Waals surface area contributed by atoms with Gasteiger partial charge < -0.3 is 16.8 Å². The highest BCUT2D eigenvalue weighted by atomic mass is 19.4. The predicted octanol–water partition coefficient (Wildman–Crippen LogP) is 2.03. The van der Waals surface area contributed by atoms with Crippen LogP contribution >= 0.6 is 0 Å². The highest BCUT2D eigenvalue weighted by Crippen LogP contribution is 2.35. The van der Waals surface area contributed by atoms with Gasteiger partial charge in [-0.2, -0.15) is 13.2 Å². The van der Waals surface area contributed by atoms with Crippen LogP contribution in [0.3, 0.4) is 0 Å². The Balaban J connectivity index is 2.04. The minimum Gasteiger partial charge on any atom is -0.384 e. The molecule has 0 unspecified atom stereocenters. The highest BCUT2D eigenvalue weighted by molar-refractivity contribution is 5.95. The van der Waals surface area contributed by atoms with Gasteiger partial charge in [-0.05, 0) is 29.7 Å². The Morgan fingerprint density at radius 3 is 2.46 bits per heavy atom. The molecular weight excluding hydrogens is 349 g/mol. The number of carbonyl (C=O) groups excluding carboxylic acids is 2. The molecule has 1 heterocycles. The topological polar surface area (TPSA) is 111 Å². The molecule has 0 aliphatic rings. The zero-order valence-corrected chi connectivity index (χ0v) is 13.6. The lowest BCUT2D eigenvalue weighted by atomic mass is 9.96. The van der Waals surface area contributed by atoms with Crippen molar-refractivity contribution in [2.45, 2.75) is 25.6 Å². The number of halogens is 3. The molecule has 0 saturated heterocycles. The van der Waals surface area contributed by atoms with Crippen LogP contribution < -0.4 is 16.8 Å². The molecule has 1 aromatic carbocycles. The van der Waals surface area contributed by atoms with Crippen LogP contribution in [-0.4, -0.2) is 16.8 Å². The molecule has 2 amide bonds. The summed E-state index contributed by atoms with van der Waals surface area (Å²) in [5.74, 6) is -1.26. The van der Waals surface area contributed by atoms with E-state index in [9.17, 15) is 22.8 Å². The molecule has 0 spiro atoms. The van der Waals surface area contributed by atoms with Crippen LogP contribution in [0.25, 0.3) is 0 Å². The van der Waals surface area contributed by atoms with Crippen molar-refractivity contribution in [3.05, 3.63) is 58.8 Å². The lowest BCUT2D eigenvalue weighted by Crippen LogP contribution is -2.24. The monoisotopic (exact) mass is 366 g/mol. The second-order valence-electron chi connectivity index (χ2n) is 5.57. The third-order valence-electron chi connectivity index (χ3n) is 3.66. The Kier molecular flexibility index (Phi) is 5.81. The number of nitrogens with zero attached hydrogens (tertiary/aromatic N) is 1. The summed E-state index contributed by atoms with van der Waals surface area (Å²) >= 11 is 0. The van der Waals surface area contributed by atoms with E-state index in [1.165, 1.54) is 18.3 Å². The summed E-state index contributed by atoms with van der Waals surface area (Å²) in [6.07, 6.45) is -3.60. The molecule has 0 atom stereocenters. The smallest absolute Gasteiger partial charge is 0.384 e. The minimum absolute atomic E-state index is 0.155. The first-order valence-electron chi connectivity index (χ1n) is 7.64. The predicted molar refractivity (Wildman–Crippen MR) is 88.8 cm³/mol. The van der Waals surface area contributed by atoms with E-state index >= 15 is 0 Å². The Hall–Kier alpha value is -3.10. The SMILES string of the molecule is NC(=O)c1cccc(CCC(=O)NCc2ccc(N)nc2)c1C(F)(F)F. The molecule has 6 nitrogen and oxygen atoms in total. The summed E-state index contributed by atoms with van der Waals surface area (Å²) < 4.78 is 39.8. The van der Waals surface area contributed by atoms with E-state index in [-0.39, 0.29) is 24.9 Å². The number of pyridine rings is 1. The second-order valence-corrected chi connectivity index (χ2v) is 5.57. The van der Waals surface area contributed by atoms with Crippen molar-refractivity contribution in [2.75, 3.05) is 5.73 Å².